The molecule has 0 aliphatic heterocycles. The minimum Gasteiger partial charge on any atom is -0.376 e. The molecule has 0 aliphatic rings. The number of H-pyrrole nitrogens is 1. The Balaban J connectivity index is 1.69. The Morgan fingerprint density at radius 2 is 1.97 bits per heavy atom. The maximum Gasteiger partial charge on any atom is 0.433 e. The van der Waals surface area contributed by atoms with Crippen LogP contribution in [0.1, 0.15) is 50.9 Å². The number of nitrogens with one attached hydrogen (secondary N) is 1. The van der Waals surface area contributed by atoms with E-state index in [1.54, 1.807) is 4.52 Å². The van der Waals surface area contributed by atoms with Gasteiger partial charge in [-0.2, -0.15) is 23.3 Å². The number of aromatic amines is 1. The molecule has 4 heterocycles. The van der Waals surface area contributed by atoms with Gasteiger partial charge in [0.05, 0.1) is 17.5 Å². The maximum atomic E-state index is 13.0. The number of fused-ring (bicyclic) bond motifs is 1. The summed E-state index contributed by atoms with van der Waals surface area (Å²) in [7, 11) is 0. The Kier molecular flexibility index (Phi) is 6.96. The predicted molar refractivity (Wildman–Crippen MR) is 124 cm³/mol. The third kappa shape index (κ3) is 5.62. The Morgan fingerprint density at radius 3 is 2.67 bits per heavy atom. The largest absolute Gasteiger partial charge is 0.433 e. The van der Waals surface area contributed by atoms with E-state index >= 15 is 0 Å². The number of hydrogen-bond donors (Lipinski definition) is 2. The van der Waals surface area contributed by atoms with Crippen molar-refractivity contribution in [3.8, 4) is 23.0 Å². The summed E-state index contributed by atoms with van der Waals surface area (Å²) in [4.78, 5) is 23.0. The Labute approximate surface area is 203 Å². The lowest BCUT2D eigenvalue weighted by Crippen LogP contribution is -2.23. The van der Waals surface area contributed by atoms with E-state index in [0.29, 0.717) is 42.9 Å². The molecule has 1 atom stereocenters. The molecule has 0 radical (unpaired) electrons. The number of rotatable bonds is 8. The van der Waals surface area contributed by atoms with Gasteiger partial charge in [0, 0.05) is 18.6 Å². The highest BCUT2D eigenvalue weighted by atomic mass is 19.4. The lowest BCUT2D eigenvalue weighted by atomic mass is 9.97. The van der Waals surface area contributed by atoms with Crippen LogP contribution in [0.2, 0.25) is 0 Å². The van der Waals surface area contributed by atoms with Crippen LogP contribution in [-0.2, 0) is 10.9 Å². The molecule has 0 bridgehead atoms. The molecule has 1 unspecified atom stereocenters. The SMILES string of the molecule is CC(C)(C)OCCC(CCN)c1cc(=O)[nH]c2c(-c3nc(-c4cccc(C(F)(F)F)n4)no3)cnn12. The van der Waals surface area contributed by atoms with Crippen LogP contribution in [0.5, 0.6) is 0 Å². The highest BCUT2D eigenvalue weighted by Crippen LogP contribution is 2.31. The summed E-state index contributed by atoms with van der Waals surface area (Å²) in [5, 5.41) is 8.16. The fourth-order valence-corrected chi connectivity index (χ4v) is 3.76. The van der Waals surface area contributed by atoms with Gasteiger partial charge in [0.25, 0.3) is 11.4 Å². The molecule has 0 fully saturated rings. The van der Waals surface area contributed by atoms with Gasteiger partial charge in [0.1, 0.15) is 22.6 Å². The minimum atomic E-state index is -4.61. The smallest absolute Gasteiger partial charge is 0.376 e. The summed E-state index contributed by atoms with van der Waals surface area (Å²) >= 11 is 0. The summed E-state index contributed by atoms with van der Waals surface area (Å²) < 4.78 is 51.8. The van der Waals surface area contributed by atoms with Crippen LogP contribution < -0.4 is 11.3 Å². The topological polar surface area (TPSA) is 137 Å². The van der Waals surface area contributed by atoms with E-state index in [9.17, 15) is 18.0 Å². The number of hydrogen-bond acceptors (Lipinski definition) is 8. The molecule has 10 nitrogen and oxygen atoms in total. The van der Waals surface area contributed by atoms with Crippen LogP contribution in [0, 0.1) is 0 Å². The number of halogens is 3. The van der Waals surface area contributed by atoms with Gasteiger partial charge >= 0.3 is 6.18 Å². The second-order valence-electron chi connectivity index (χ2n) is 9.23. The average molecular weight is 506 g/mol. The van der Waals surface area contributed by atoms with Crippen molar-refractivity contribution in [1.29, 1.82) is 0 Å². The maximum absolute atomic E-state index is 13.0. The zero-order chi connectivity index (χ0) is 26.1. The fraction of sp³-hybridized carbons (Fsp3) is 0.435. The van der Waals surface area contributed by atoms with Crippen LogP contribution in [0.4, 0.5) is 13.2 Å². The molecule has 4 rings (SSSR count). The van der Waals surface area contributed by atoms with Crippen molar-refractivity contribution in [1.82, 2.24) is 29.7 Å². The molecule has 0 saturated carbocycles. The lowest BCUT2D eigenvalue weighted by Gasteiger charge is -2.22. The van der Waals surface area contributed by atoms with E-state index in [0.717, 1.165) is 6.07 Å². The quantitative estimate of drug-likeness (QED) is 0.369. The van der Waals surface area contributed by atoms with Gasteiger partial charge in [0.2, 0.25) is 5.82 Å². The lowest BCUT2D eigenvalue weighted by molar-refractivity contribution is -0.141. The van der Waals surface area contributed by atoms with E-state index in [1.165, 1.54) is 24.4 Å². The number of nitrogens with two attached hydrogens (primary N) is 1. The van der Waals surface area contributed by atoms with Crippen LogP contribution >= 0.6 is 0 Å². The van der Waals surface area contributed by atoms with Crippen molar-refractivity contribution in [2.24, 2.45) is 5.73 Å². The molecule has 0 amide bonds. The van der Waals surface area contributed by atoms with E-state index < -0.39 is 11.9 Å². The molecule has 3 N–H and O–H groups in total. The van der Waals surface area contributed by atoms with Crippen LogP contribution in [0.25, 0.3) is 28.6 Å². The zero-order valence-electron chi connectivity index (χ0n) is 20.0. The number of aromatic nitrogens is 6. The molecule has 36 heavy (non-hydrogen) atoms. The van der Waals surface area contributed by atoms with Crippen molar-refractivity contribution in [2.75, 3.05) is 13.2 Å². The van der Waals surface area contributed by atoms with Crippen molar-refractivity contribution in [3.63, 3.8) is 0 Å². The van der Waals surface area contributed by atoms with Crippen molar-refractivity contribution in [2.45, 2.75) is 51.3 Å². The summed E-state index contributed by atoms with van der Waals surface area (Å²) in [5.41, 5.74) is 5.25. The molecule has 13 heteroatoms. The fourth-order valence-electron chi connectivity index (χ4n) is 3.76. The third-order valence-corrected chi connectivity index (χ3v) is 5.39. The standard InChI is InChI=1S/C23H26F3N7O3/c1-22(2,3)35-10-8-13(7-9-27)16-11-18(34)30-20-14(12-28-33(16)20)21-31-19(32-36-21)15-5-4-6-17(29-15)23(24,25)26/h4-6,11-13H,7-10,27H2,1-3H3,(H,30,34). The first-order valence-electron chi connectivity index (χ1n) is 11.3. The van der Waals surface area contributed by atoms with Crippen molar-refractivity contribution < 1.29 is 22.4 Å². The van der Waals surface area contributed by atoms with E-state index in [-0.39, 0.29) is 34.5 Å². The summed E-state index contributed by atoms with van der Waals surface area (Å²) in [6.07, 6.45) is -1.95. The van der Waals surface area contributed by atoms with Gasteiger partial charge in [0.15, 0.2) is 0 Å². The Bertz CT molecular complexity index is 1400. The normalized spacial score (nSPS) is 13.4. The average Bonchev–Trinajstić information content (AvgIpc) is 3.44. The number of ether oxygens (including phenoxy) is 1. The molecule has 0 spiro atoms. The van der Waals surface area contributed by atoms with Gasteiger partial charge in [-0.15, -0.1) is 0 Å². The van der Waals surface area contributed by atoms with E-state index in [2.05, 4.69) is 25.2 Å². The number of nitrogens with zero attached hydrogens (tertiary/aromatic N) is 5. The molecule has 0 saturated heterocycles. The molecule has 0 aliphatic carbocycles. The molecule has 4 aromatic rings. The van der Waals surface area contributed by atoms with Crippen LogP contribution in [0.15, 0.2) is 39.8 Å². The van der Waals surface area contributed by atoms with Crippen molar-refractivity contribution in [3.05, 3.63) is 52.2 Å². The Morgan fingerprint density at radius 1 is 1.19 bits per heavy atom. The summed E-state index contributed by atoms with van der Waals surface area (Å²) in [6.45, 7) is 6.75. The van der Waals surface area contributed by atoms with Crippen LogP contribution in [0.3, 0.4) is 0 Å². The minimum absolute atomic E-state index is 0.0292. The van der Waals surface area contributed by atoms with Gasteiger partial charge in [-0.1, -0.05) is 11.2 Å². The monoisotopic (exact) mass is 505 g/mol. The molecule has 0 aromatic carbocycles. The highest BCUT2D eigenvalue weighted by Gasteiger charge is 2.33. The molecule has 4 aromatic heterocycles. The van der Waals surface area contributed by atoms with E-state index in [1.807, 2.05) is 20.8 Å². The van der Waals surface area contributed by atoms with Gasteiger partial charge in [-0.25, -0.2) is 9.50 Å². The first-order chi connectivity index (χ1) is 17.0. The number of pyridine rings is 1. The van der Waals surface area contributed by atoms with Gasteiger partial charge < -0.3 is 20.0 Å². The second kappa shape index (κ2) is 9.82. The zero-order valence-corrected chi connectivity index (χ0v) is 20.0. The predicted octanol–water partition coefficient (Wildman–Crippen LogP) is 3.79. The van der Waals surface area contributed by atoms with Crippen molar-refractivity contribution >= 4 is 5.65 Å². The molecular formula is C23H26F3N7O3. The first kappa shape index (κ1) is 25.5. The number of alkyl halides is 3. The molecule has 192 valence electrons. The summed E-state index contributed by atoms with van der Waals surface area (Å²) in [6, 6.07) is 4.87. The van der Waals surface area contributed by atoms with E-state index in [4.69, 9.17) is 15.0 Å². The van der Waals surface area contributed by atoms with Crippen LogP contribution in [-0.4, -0.2) is 48.5 Å². The Hall–Kier alpha value is -3.58. The second-order valence-corrected chi connectivity index (χ2v) is 9.23. The molecular weight excluding hydrogens is 479 g/mol. The first-order valence-corrected chi connectivity index (χ1v) is 11.3. The third-order valence-electron chi connectivity index (χ3n) is 5.39. The highest BCUT2D eigenvalue weighted by molar-refractivity contribution is 5.72. The van der Waals surface area contributed by atoms with Gasteiger partial charge in [-0.3, -0.25) is 4.79 Å². The summed E-state index contributed by atoms with van der Waals surface area (Å²) in [5.74, 6) is -0.268. The van der Waals surface area contributed by atoms with Gasteiger partial charge in [-0.05, 0) is 52.3 Å².